The van der Waals surface area contributed by atoms with Crippen LogP contribution in [0.4, 0.5) is 4.39 Å². The fraction of sp³-hybridized carbons (Fsp3) is 0.357. The van der Waals surface area contributed by atoms with E-state index < -0.39 is 0 Å². The van der Waals surface area contributed by atoms with Crippen molar-refractivity contribution in [2.45, 2.75) is 26.8 Å². The minimum atomic E-state index is -0.246. The lowest BCUT2D eigenvalue weighted by Crippen LogP contribution is -2.22. The second-order valence-electron chi connectivity index (χ2n) is 4.55. The van der Waals surface area contributed by atoms with Crippen LogP contribution in [0, 0.1) is 26.6 Å². The molecule has 1 unspecified atom stereocenters. The third kappa shape index (κ3) is 2.16. The molecule has 0 aliphatic rings. The lowest BCUT2D eigenvalue weighted by Gasteiger charge is -2.18. The van der Waals surface area contributed by atoms with Crippen LogP contribution in [-0.4, -0.2) is 16.3 Å². The molecule has 1 heterocycles. The molecule has 1 aromatic heterocycles. The molecule has 1 aromatic carbocycles. The molecule has 0 saturated carbocycles. The molecule has 0 spiro atoms. The van der Waals surface area contributed by atoms with Gasteiger partial charge in [-0.25, -0.2) is 4.39 Å². The van der Waals surface area contributed by atoms with Crippen molar-refractivity contribution in [1.82, 2.24) is 9.78 Å². The summed E-state index contributed by atoms with van der Waals surface area (Å²) in [7, 11) is 0. The number of aromatic nitrogens is 2. The van der Waals surface area contributed by atoms with Gasteiger partial charge in [0.2, 0.25) is 0 Å². The Morgan fingerprint density at radius 3 is 2.56 bits per heavy atom. The summed E-state index contributed by atoms with van der Waals surface area (Å²) in [6.45, 7) is 6.41. The number of hydrogen-bond donors (Lipinski definition) is 1. The molecular weight excluding hydrogens is 229 g/mol. The topological polar surface area (TPSA) is 43.8 Å². The van der Waals surface area contributed by atoms with E-state index >= 15 is 0 Å². The maximum Gasteiger partial charge on any atom is 0.123 e. The molecule has 2 aromatic rings. The predicted molar refractivity (Wildman–Crippen MR) is 70.0 cm³/mol. The molecule has 4 heteroatoms. The van der Waals surface area contributed by atoms with E-state index in [1.807, 2.05) is 31.5 Å². The van der Waals surface area contributed by atoms with Gasteiger partial charge in [0.15, 0.2) is 0 Å². The fourth-order valence-corrected chi connectivity index (χ4v) is 2.14. The van der Waals surface area contributed by atoms with E-state index in [9.17, 15) is 4.39 Å². The van der Waals surface area contributed by atoms with Crippen molar-refractivity contribution in [3.8, 4) is 0 Å². The molecule has 0 saturated heterocycles. The van der Waals surface area contributed by atoms with E-state index in [0.717, 1.165) is 22.5 Å². The summed E-state index contributed by atoms with van der Waals surface area (Å²) in [5.74, 6) is -0.246. The Morgan fingerprint density at radius 2 is 2.06 bits per heavy atom. The zero-order chi connectivity index (χ0) is 13.3. The van der Waals surface area contributed by atoms with Crippen LogP contribution in [0.25, 0.3) is 0 Å². The van der Waals surface area contributed by atoms with E-state index in [4.69, 9.17) is 5.73 Å². The van der Waals surface area contributed by atoms with Crippen LogP contribution >= 0.6 is 0 Å². The molecule has 0 fully saturated rings. The van der Waals surface area contributed by atoms with Crippen LogP contribution in [0.5, 0.6) is 0 Å². The number of rotatable bonds is 3. The lowest BCUT2D eigenvalue weighted by atomic mass is 10.1. The molecule has 96 valence electrons. The lowest BCUT2D eigenvalue weighted by molar-refractivity contribution is 0.512. The molecule has 0 amide bonds. The first-order valence-corrected chi connectivity index (χ1v) is 6.02. The van der Waals surface area contributed by atoms with Gasteiger partial charge >= 0.3 is 0 Å². The van der Waals surface area contributed by atoms with Crippen LogP contribution < -0.4 is 5.73 Å². The van der Waals surface area contributed by atoms with Crippen LogP contribution in [0.15, 0.2) is 24.3 Å². The molecule has 0 radical (unpaired) electrons. The Bertz CT molecular complexity index is 560. The summed E-state index contributed by atoms with van der Waals surface area (Å²) >= 11 is 0. The van der Waals surface area contributed by atoms with E-state index in [1.54, 1.807) is 6.07 Å². The van der Waals surface area contributed by atoms with Crippen LogP contribution in [0.3, 0.4) is 0 Å². The minimum Gasteiger partial charge on any atom is -0.328 e. The second-order valence-corrected chi connectivity index (χ2v) is 4.55. The van der Waals surface area contributed by atoms with Gasteiger partial charge in [0.05, 0.1) is 11.7 Å². The van der Waals surface area contributed by atoms with Crippen LogP contribution in [-0.2, 0) is 0 Å². The standard InChI is InChI=1S/C14H18FN3/c1-9-10(2)17-18(11(9)3)14(8-16)12-5-4-6-13(15)7-12/h4-7,14H,8,16H2,1-3H3. The Hall–Kier alpha value is -1.68. The molecule has 1 atom stereocenters. The van der Waals surface area contributed by atoms with Gasteiger partial charge < -0.3 is 5.73 Å². The number of aryl methyl sites for hydroxylation is 1. The Balaban J connectivity index is 2.48. The Labute approximate surface area is 106 Å². The Morgan fingerprint density at radius 1 is 1.33 bits per heavy atom. The minimum absolute atomic E-state index is 0.118. The van der Waals surface area contributed by atoms with E-state index in [-0.39, 0.29) is 11.9 Å². The van der Waals surface area contributed by atoms with E-state index in [1.165, 1.54) is 12.1 Å². The normalized spacial score (nSPS) is 12.7. The monoisotopic (exact) mass is 247 g/mol. The van der Waals surface area contributed by atoms with Crippen molar-refractivity contribution in [2.75, 3.05) is 6.54 Å². The number of benzene rings is 1. The number of hydrogen-bond acceptors (Lipinski definition) is 2. The van der Waals surface area contributed by atoms with Gasteiger partial charge in [-0.2, -0.15) is 5.10 Å². The first-order valence-electron chi connectivity index (χ1n) is 6.02. The molecule has 0 aliphatic carbocycles. The van der Waals surface area contributed by atoms with Gasteiger partial charge in [0.1, 0.15) is 5.82 Å². The van der Waals surface area contributed by atoms with Crippen molar-refractivity contribution in [3.63, 3.8) is 0 Å². The predicted octanol–water partition coefficient (Wildman–Crippen LogP) is 2.50. The van der Waals surface area contributed by atoms with Gasteiger partial charge in [-0.3, -0.25) is 4.68 Å². The summed E-state index contributed by atoms with van der Waals surface area (Å²) < 4.78 is 15.2. The highest BCUT2D eigenvalue weighted by Gasteiger charge is 2.17. The van der Waals surface area contributed by atoms with Crippen LogP contribution in [0.1, 0.15) is 28.6 Å². The molecule has 0 bridgehead atoms. The SMILES string of the molecule is Cc1nn(C(CN)c2cccc(F)c2)c(C)c1C. The molecule has 3 nitrogen and oxygen atoms in total. The highest BCUT2D eigenvalue weighted by atomic mass is 19.1. The summed E-state index contributed by atoms with van der Waals surface area (Å²) in [6.07, 6.45) is 0. The maximum absolute atomic E-state index is 13.3. The maximum atomic E-state index is 13.3. The average Bonchev–Trinajstić information content (AvgIpc) is 2.59. The smallest absolute Gasteiger partial charge is 0.123 e. The summed E-state index contributed by atoms with van der Waals surface area (Å²) in [5, 5.41) is 4.50. The third-order valence-electron chi connectivity index (χ3n) is 3.44. The number of nitrogens with zero attached hydrogens (tertiary/aromatic N) is 2. The van der Waals surface area contributed by atoms with Crippen molar-refractivity contribution in [2.24, 2.45) is 5.73 Å². The summed E-state index contributed by atoms with van der Waals surface area (Å²) in [4.78, 5) is 0. The zero-order valence-corrected chi connectivity index (χ0v) is 10.9. The van der Waals surface area contributed by atoms with Gasteiger partial charge in [0, 0.05) is 12.2 Å². The van der Waals surface area contributed by atoms with Crippen molar-refractivity contribution >= 4 is 0 Å². The number of nitrogens with two attached hydrogens (primary N) is 1. The quantitative estimate of drug-likeness (QED) is 0.905. The van der Waals surface area contributed by atoms with Crippen molar-refractivity contribution in [1.29, 1.82) is 0 Å². The number of halogens is 1. The molecule has 18 heavy (non-hydrogen) atoms. The van der Waals surface area contributed by atoms with Crippen molar-refractivity contribution < 1.29 is 4.39 Å². The van der Waals surface area contributed by atoms with E-state index in [2.05, 4.69) is 5.10 Å². The second kappa shape index (κ2) is 4.90. The van der Waals surface area contributed by atoms with Gasteiger partial charge in [-0.05, 0) is 44.0 Å². The molecule has 0 aliphatic heterocycles. The summed E-state index contributed by atoms with van der Waals surface area (Å²) in [5.41, 5.74) is 9.90. The highest BCUT2D eigenvalue weighted by Crippen LogP contribution is 2.22. The van der Waals surface area contributed by atoms with Gasteiger partial charge in [-0.1, -0.05) is 12.1 Å². The summed E-state index contributed by atoms with van der Waals surface area (Å²) in [6, 6.07) is 6.42. The molecule has 2 N–H and O–H groups in total. The Kier molecular flexibility index (Phi) is 3.48. The average molecular weight is 247 g/mol. The first-order chi connectivity index (χ1) is 8.54. The fourth-order valence-electron chi connectivity index (χ4n) is 2.14. The largest absolute Gasteiger partial charge is 0.328 e. The van der Waals surface area contributed by atoms with Gasteiger partial charge in [-0.15, -0.1) is 0 Å². The third-order valence-corrected chi connectivity index (χ3v) is 3.44. The first kappa shape index (κ1) is 12.8. The van der Waals surface area contributed by atoms with E-state index in [0.29, 0.717) is 6.54 Å². The van der Waals surface area contributed by atoms with Gasteiger partial charge in [0.25, 0.3) is 0 Å². The molecular formula is C14H18FN3. The zero-order valence-electron chi connectivity index (χ0n) is 10.9. The molecule has 2 rings (SSSR count). The highest BCUT2D eigenvalue weighted by molar-refractivity contribution is 5.27. The van der Waals surface area contributed by atoms with Crippen LogP contribution in [0.2, 0.25) is 0 Å². The van der Waals surface area contributed by atoms with Crippen molar-refractivity contribution in [3.05, 3.63) is 52.6 Å².